The van der Waals surface area contributed by atoms with Gasteiger partial charge in [-0.3, -0.25) is 0 Å². The quantitative estimate of drug-likeness (QED) is 0.493. The number of ether oxygens (including phenoxy) is 5. The van der Waals surface area contributed by atoms with Gasteiger partial charge in [-0.25, -0.2) is 0 Å². The maximum atomic E-state index is 12.0. The minimum atomic E-state index is -1.50. The standard InChI is InChI=1S/C24H36O6/c1-21(2,3)30-24(25)20(29-16-26-6)19-12-13-23(24,22(19,4)5)14-15-28-18-10-8-17(27-7)9-11-18/h8-11,14-15,19-20,25H,12-13,16H2,1-7H3/b15-14+/t19-,20-,23-,24+/m1/s1. The molecular weight excluding hydrogens is 384 g/mol. The second-order valence-electron chi connectivity index (χ2n) is 9.84. The van der Waals surface area contributed by atoms with Gasteiger partial charge in [-0.05, 0) is 75.3 Å². The highest BCUT2D eigenvalue weighted by Gasteiger charge is 2.77. The van der Waals surface area contributed by atoms with Crippen LogP contribution in [0.1, 0.15) is 47.5 Å². The van der Waals surface area contributed by atoms with Crippen molar-refractivity contribution in [2.24, 2.45) is 16.7 Å². The Kier molecular flexibility index (Phi) is 6.27. The van der Waals surface area contributed by atoms with Crippen LogP contribution in [-0.2, 0) is 14.2 Å². The van der Waals surface area contributed by atoms with Crippen molar-refractivity contribution in [1.82, 2.24) is 0 Å². The Morgan fingerprint density at radius 2 is 1.73 bits per heavy atom. The molecule has 0 saturated heterocycles. The van der Waals surface area contributed by atoms with E-state index in [0.29, 0.717) is 5.75 Å². The van der Waals surface area contributed by atoms with Gasteiger partial charge in [0, 0.05) is 7.11 Å². The highest BCUT2D eigenvalue weighted by Crippen LogP contribution is 2.71. The van der Waals surface area contributed by atoms with Crippen LogP contribution in [0.25, 0.3) is 0 Å². The third kappa shape index (κ3) is 3.75. The van der Waals surface area contributed by atoms with Gasteiger partial charge in [0.2, 0.25) is 5.79 Å². The molecule has 3 rings (SSSR count). The van der Waals surface area contributed by atoms with Gasteiger partial charge in [0.15, 0.2) is 0 Å². The van der Waals surface area contributed by atoms with Crippen LogP contribution in [0.5, 0.6) is 11.5 Å². The van der Waals surface area contributed by atoms with Gasteiger partial charge in [-0.1, -0.05) is 13.8 Å². The number of hydrogen-bond acceptors (Lipinski definition) is 6. The lowest BCUT2D eigenvalue weighted by Crippen LogP contribution is -2.59. The Balaban J connectivity index is 1.94. The number of benzene rings is 1. The number of hydrogen-bond donors (Lipinski definition) is 1. The number of fused-ring (bicyclic) bond motifs is 2. The van der Waals surface area contributed by atoms with E-state index < -0.39 is 22.9 Å². The molecule has 6 nitrogen and oxygen atoms in total. The number of rotatable bonds is 8. The lowest BCUT2D eigenvalue weighted by Gasteiger charge is -2.49. The predicted octanol–water partition coefficient (Wildman–Crippen LogP) is 4.52. The van der Waals surface area contributed by atoms with Gasteiger partial charge >= 0.3 is 0 Å². The van der Waals surface area contributed by atoms with Crippen LogP contribution >= 0.6 is 0 Å². The summed E-state index contributed by atoms with van der Waals surface area (Å²) >= 11 is 0. The summed E-state index contributed by atoms with van der Waals surface area (Å²) in [6, 6.07) is 7.39. The van der Waals surface area contributed by atoms with E-state index in [0.717, 1.165) is 18.6 Å². The number of methoxy groups -OCH3 is 2. The zero-order valence-corrected chi connectivity index (χ0v) is 19.2. The topological polar surface area (TPSA) is 66.4 Å². The zero-order valence-electron chi connectivity index (χ0n) is 19.2. The largest absolute Gasteiger partial charge is 0.497 e. The second kappa shape index (κ2) is 8.15. The molecule has 0 unspecified atom stereocenters. The van der Waals surface area contributed by atoms with Gasteiger partial charge < -0.3 is 28.8 Å². The molecule has 1 aromatic carbocycles. The zero-order chi connectivity index (χ0) is 22.2. The SMILES string of the molecule is COCO[C@@H]1[C@H]2CC[C@@](/C=C/Oc3ccc(OC)cc3)(C2(C)C)[C@@]1(O)OC(C)(C)C. The van der Waals surface area contributed by atoms with Crippen LogP contribution in [0.15, 0.2) is 36.6 Å². The first-order valence-corrected chi connectivity index (χ1v) is 10.5. The van der Waals surface area contributed by atoms with Crippen molar-refractivity contribution in [3.8, 4) is 11.5 Å². The fourth-order valence-corrected chi connectivity index (χ4v) is 5.38. The van der Waals surface area contributed by atoms with E-state index in [2.05, 4.69) is 13.8 Å². The molecule has 0 amide bonds. The van der Waals surface area contributed by atoms with Gasteiger partial charge in [0.05, 0.1) is 24.4 Å². The molecule has 2 bridgehead atoms. The Morgan fingerprint density at radius 3 is 2.30 bits per heavy atom. The van der Waals surface area contributed by atoms with Gasteiger partial charge in [0.25, 0.3) is 0 Å². The summed E-state index contributed by atoms with van der Waals surface area (Å²) in [7, 11) is 3.21. The smallest absolute Gasteiger partial charge is 0.203 e. The van der Waals surface area contributed by atoms with Crippen LogP contribution < -0.4 is 9.47 Å². The van der Waals surface area contributed by atoms with E-state index in [1.807, 2.05) is 51.1 Å². The van der Waals surface area contributed by atoms with Crippen molar-refractivity contribution >= 4 is 0 Å². The van der Waals surface area contributed by atoms with E-state index >= 15 is 0 Å². The Bertz CT molecular complexity index is 750. The van der Waals surface area contributed by atoms with Crippen molar-refractivity contribution in [1.29, 1.82) is 0 Å². The normalized spacial score (nSPS) is 32.7. The molecule has 2 aliphatic carbocycles. The van der Waals surface area contributed by atoms with Crippen molar-refractivity contribution in [3.63, 3.8) is 0 Å². The molecule has 2 fully saturated rings. The molecule has 2 aliphatic rings. The second-order valence-corrected chi connectivity index (χ2v) is 9.84. The third-order valence-corrected chi connectivity index (χ3v) is 6.76. The highest BCUT2D eigenvalue weighted by atomic mass is 16.7. The monoisotopic (exact) mass is 420 g/mol. The van der Waals surface area contributed by atoms with Gasteiger partial charge in [0.1, 0.15) is 24.4 Å². The summed E-state index contributed by atoms with van der Waals surface area (Å²) in [5.74, 6) is 0.0918. The molecule has 0 heterocycles. The molecule has 0 spiro atoms. The molecule has 0 aromatic heterocycles. The van der Waals surface area contributed by atoms with Gasteiger partial charge in [-0.2, -0.15) is 0 Å². The minimum absolute atomic E-state index is 0.106. The summed E-state index contributed by atoms with van der Waals surface area (Å²) < 4.78 is 28.6. The van der Waals surface area contributed by atoms with Crippen molar-refractivity contribution in [3.05, 3.63) is 36.6 Å². The third-order valence-electron chi connectivity index (χ3n) is 6.76. The molecule has 6 heteroatoms. The fourth-order valence-electron chi connectivity index (χ4n) is 5.38. The first-order chi connectivity index (χ1) is 14.0. The maximum absolute atomic E-state index is 12.0. The predicted molar refractivity (Wildman–Crippen MR) is 114 cm³/mol. The first kappa shape index (κ1) is 23.1. The Morgan fingerprint density at radius 1 is 1.10 bits per heavy atom. The molecule has 4 atom stereocenters. The molecule has 2 saturated carbocycles. The van der Waals surface area contributed by atoms with Crippen LogP contribution in [-0.4, -0.2) is 43.6 Å². The van der Waals surface area contributed by atoms with Crippen LogP contribution in [0.4, 0.5) is 0 Å². The molecule has 1 aromatic rings. The molecular formula is C24H36O6. The first-order valence-electron chi connectivity index (χ1n) is 10.5. The molecule has 1 N–H and O–H groups in total. The molecule has 0 radical (unpaired) electrons. The van der Waals surface area contributed by atoms with Gasteiger partial charge in [-0.15, -0.1) is 0 Å². The van der Waals surface area contributed by atoms with Crippen LogP contribution in [0, 0.1) is 16.7 Å². The highest BCUT2D eigenvalue weighted by molar-refractivity contribution is 5.32. The van der Waals surface area contributed by atoms with E-state index in [4.69, 9.17) is 23.7 Å². The fraction of sp³-hybridized carbons (Fsp3) is 0.667. The lowest BCUT2D eigenvalue weighted by molar-refractivity contribution is -0.346. The molecule has 30 heavy (non-hydrogen) atoms. The van der Waals surface area contributed by atoms with Crippen LogP contribution in [0.2, 0.25) is 0 Å². The number of aliphatic hydroxyl groups is 1. The van der Waals surface area contributed by atoms with E-state index in [1.165, 1.54) is 0 Å². The minimum Gasteiger partial charge on any atom is -0.497 e. The van der Waals surface area contributed by atoms with E-state index in [-0.39, 0.29) is 18.1 Å². The summed E-state index contributed by atoms with van der Waals surface area (Å²) in [6.07, 6.45) is 4.86. The van der Waals surface area contributed by atoms with Crippen molar-refractivity contribution in [2.45, 2.75) is 65.0 Å². The van der Waals surface area contributed by atoms with E-state index in [1.54, 1.807) is 20.5 Å². The Hall–Kier alpha value is -1.60. The Labute approximate surface area is 180 Å². The van der Waals surface area contributed by atoms with Crippen LogP contribution in [0.3, 0.4) is 0 Å². The average Bonchev–Trinajstić information content (AvgIpc) is 2.99. The van der Waals surface area contributed by atoms with Crippen molar-refractivity contribution < 1.29 is 28.8 Å². The maximum Gasteiger partial charge on any atom is 0.203 e. The van der Waals surface area contributed by atoms with Crippen molar-refractivity contribution in [2.75, 3.05) is 21.0 Å². The molecule has 168 valence electrons. The summed E-state index contributed by atoms with van der Waals surface area (Å²) in [5, 5.41) is 12.0. The molecule has 0 aliphatic heterocycles. The van der Waals surface area contributed by atoms with E-state index in [9.17, 15) is 5.11 Å². The summed E-state index contributed by atoms with van der Waals surface area (Å²) in [5.41, 5.74) is -1.48. The summed E-state index contributed by atoms with van der Waals surface area (Å²) in [4.78, 5) is 0. The lowest BCUT2D eigenvalue weighted by atomic mass is 9.66. The summed E-state index contributed by atoms with van der Waals surface area (Å²) in [6.45, 7) is 10.3. The average molecular weight is 421 g/mol.